The summed E-state index contributed by atoms with van der Waals surface area (Å²) in [6, 6.07) is 25.6. The average molecular weight is 322 g/mol. The van der Waals surface area contributed by atoms with Gasteiger partial charge in [-0.25, -0.2) is 0 Å². The molecule has 0 radical (unpaired) electrons. The Morgan fingerprint density at radius 3 is 2.13 bits per heavy atom. The SMILES string of the molecule is Clc1ccccc1N/N=C\c1ccc(Nc2ccccc2)cc1. The van der Waals surface area contributed by atoms with Crippen molar-refractivity contribution in [1.29, 1.82) is 0 Å². The molecule has 0 aliphatic rings. The monoisotopic (exact) mass is 321 g/mol. The minimum absolute atomic E-state index is 0.645. The van der Waals surface area contributed by atoms with Crippen LogP contribution >= 0.6 is 11.6 Å². The van der Waals surface area contributed by atoms with Gasteiger partial charge in [0.25, 0.3) is 0 Å². The Labute approximate surface area is 140 Å². The van der Waals surface area contributed by atoms with Crippen LogP contribution in [0.15, 0.2) is 84.0 Å². The molecule has 0 aliphatic carbocycles. The molecule has 0 fully saturated rings. The predicted octanol–water partition coefficient (Wildman–Crippen LogP) is 5.53. The number of rotatable bonds is 5. The van der Waals surface area contributed by atoms with Crippen LogP contribution in [0.1, 0.15) is 5.56 Å². The maximum absolute atomic E-state index is 6.06. The first-order valence-electron chi connectivity index (χ1n) is 7.27. The third-order valence-corrected chi connectivity index (χ3v) is 3.58. The zero-order valence-electron chi connectivity index (χ0n) is 12.4. The van der Waals surface area contributed by atoms with Crippen LogP contribution < -0.4 is 10.7 Å². The predicted molar refractivity (Wildman–Crippen MR) is 98.8 cm³/mol. The van der Waals surface area contributed by atoms with E-state index in [2.05, 4.69) is 15.8 Å². The summed E-state index contributed by atoms with van der Waals surface area (Å²) in [6.45, 7) is 0. The molecule has 0 unspecified atom stereocenters. The lowest BCUT2D eigenvalue weighted by Crippen LogP contribution is -1.92. The molecule has 0 bridgehead atoms. The number of hydrogen-bond donors (Lipinski definition) is 2. The Balaban J connectivity index is 1.61. The molecule has 0 atom stereocenters. The Morgan fingerprint density at radius 2 is 1.39 bits per heavy atom. The molecular weight excluding hydrogens is 306 g/mol. The Bertz CT molecular complexity index is 783. The quantitative estimate of drug-likeness (QED) is 0.479. The van der Waals surface area contributed by atoms with Crippen molar-refractivity contribution in [2.75, 3.05) is 10.7 Å². The van der Waals surface area contributed by atoms with Crippen molar-refractivity contribution in [2.24, 2.45) is 5.10 Å². The summed E-state index contributed by atoms with van der Waals surface area (Å²) in [5.41, 5.74) is 6.82. The maximum Gasteiger partial charge on any atom is 0.0748 e. The van der Waals surface area contributed by atoms with E-state index >= 15 is 0 Å². The Morgan fingerprint density at radius 1 is 0.739 bits per heavy atom. The second-order valence-corrected chi connectivity index (χ2v) is 5.37. The fraction of sp³-hybridized carbons (Fsp3) is 0. The van der Waals surface area contributed by atoms with Gasteiger partial charge in [0.2, 0.25) is 0 Å². The van der Waals surface area contributed by atoms with Crippen LogP contribution in [-0.2, 0) is 0 Å². The molecule has 3 rings (SSSR count). The van der Waals surface area contributed by atoms with Gasteiger partial charge < -0.3 is 5.32 Å². The highest BCUT2D eigenvalue weighted by Crippen LogP contribution is 2.20. The molecule has 3 aromatic carbocycles. The Hall–Kier alpha value is -2.78. The highest BCUT2D eigenvalue weighted by molar-refractivity contribution is 6.33. The van der Waals surface area contributed by atoms with Gasteiger partial charge in [-0.15, -0.1) is 0 Å². The smallest absolute Gasteiger partial charge is 0.0748 e. The molecule has 2 N–H and O–H groups in total. The summed E-state index contributed by atoms with van der Waals surface area (Å²) < 4.78 is 0. The first kappa shape index (κ1) is 15.1. The number of para-hydroxylation sites is 2. The van der Waals surface area contributed by atoms with Gasteiger partial charge in [0.05, 0.1) is 16.9 Å². The van der Waals surface area contributed by atoms with Crippen LogP contribution in [0.5, 0.6) is 0 Å². The fourth-order valence-electron chi connectivity index (χ4n) is 2.07. The van der Waals surface area contributed by atoms with Crippen molar-refractivity contribution in [2.45, 2.75) is 0 Å². The summed E-state index contributed by atoms with van der Waals surface area (Å²) in [5, 5.41) is 8.19. The van der Waals surface area contributed by atoms with Gasteiger partial charge in [-0.1, -0.05) is 54.1 Å². The molecular formula is C19H16ClN3. The summed E-state index contributed by atoms with van der Waals surface area (Å²) in [6.07, 6.45) is 1.76. The van der Waals surface area contributed by atoms with E-state index in [1.807, 2.05) is 78.9 Å². The van der Waals surface area contributed by atoms with Crippen LogP contribution in [0, 0.1) is 0 Å². The zero-order chi connectivity index (χ0) is 15.9. The normalized spacial score (nSPS) is 10.7. The molecule has 0 saturated carbocycles. The lowest BCUT2D eigenvalue weighted by molar-refractivity contribution is 1.35. The Kier molecular flexibility index (Phi) is 4.92. The third-order valence-electron chi connectivity index (χ3n) is 3.25. The van der Waals surface area contributed by atoms with Crippen LogP contribution in [0.3, 0.4) is 0 Å². The van der Waals surface area contributed by atoms with E-state index in [4.69, 9.17) is 11.6 Å². The molecule has 3 nitrogen and oxygen atoms in total. The number of anilines is 3. The number of nitrogens with zero attached hydrogens (tertiary/aromatic N) is 1. The largest absolute Gasteiger partial charge is 0.356 e. The van der Waals surface area contributed by atoms with Crippen LogP contribution in [0.2, 0.25) is 5.02 Å². The second-order valence-electron chi connectivity index (χ2n) is 4.96. The molecule has 23 heavy (non-hydrogen) atoms. The van der Waals surface area contributed by atoms with Crippen molar-refractivity contribution in [3.8, 4) is 0 Å². The van der Waals surface area contributed by atoms with Crippen molar-refractivity contribution in [3.05, 3.63) is 89.4 Å². The van der Waals surface area contributed by atoms with Crippen LogP contribution in [-0.4, -0.2) is 6.21 Å². The highest BCUT2D eigenvalue weighted by atomic mass is 35.5. The van der Waals surface area contributed by atoms with Gasteiger partial charge in [-0.3, -0.25) is 5.43 Å². The summed E-state index contributed by atoms with van der Waals surface area (Å²) in [5.74, 6) is 0. The molecule has 0 aliphatic heterocycles. The highest BCUT2D eigenvalue weighted by Gasteiger charge is 1.96. The standard InChI is InChI=1S/C19H16ClN3/c20-18-8-4-5-9-19(18)23-21-14-15-10-12-17(13-11-15)22-16-6-2-1-3-7-16/h1-14,22-23H/b21-14-. The van der Waals surface area contributed by atoms with E-state index in [0.717, 1.165) is 22.6 Å². The van der Waals surface area contributed by atoms with Crippen molar-refractivity contribution >= 4 is 34.9 Å². The minimum atomic E-state index is 0.645. The van der Waals surface area contributed by atoms with E-state index < -0.39 is 0 Å². The van der Waals surface area contributed by atoms with E-state index in [1.54, 1.807) is 6.21 Å². The molecule has 0 saturated heterocycles. The molecule has 0 aromatic heterocycles. The van der Waals surface area contributed by atoms with Crippen LogP contribution in [0.25, 0.3) is 0 Å². The van der Waals surface area contributed by atoms with Gasteiger partial charge in [-0.05, 0) is 42.0 Å². The van der Waals surface area contributed by atoms with Gasteiger partial charge in [-0.2, -0.15) is 5.10 Å². The molecule has 4 heteroatoms. The van der Waals surface area contributed by atoms with E-state index in [0.29, 0.717) is 5.02 Å². The van der Waals surface area contributed by atoms with Crippen molar-refractivity contribution in [3.63, 3.8) is 0 Å². The van der Waals surface area contributed by atoms with E-state index in [9.17, 15) is 0 Å². The number of halogens is 1. The van der Waals surface area contributed by atoms with E-state index in [1.165, 1.54) is 0 Å². The first-order valence-corrected chi connectivity index (χ1v) is 7.65. The van der Waals surface area contributed by atoms with Gasteiger partial charge in [0, 0.05) is 11.4 Å². The number of hydrogen-bond acceptors (Lipinski definition) is 3. The fourth-order valence-corrected chi connectivity index (χ4v) is 2.25. The zero-order valence-corrected chi connectivity index (χ0v) is 13.2. The lowest BCUT2D eigenvalue weighted by atomic mass is 10.2. The van der Waals surface area contributed by atoms with Gasteiger partial charge in [0.1, 0.15) is 0 Å². The first-order chi connectivity index (χ1) is 11.3. The van der Waals surface area contributed by atoms with E-state index in [-0.39, 0.29) is 0 Å². The molecule has 114 valence electrons. The molecule has 0 amide bonds. The van der Waals surface area contributed by atoms with Crippen molar-refractivity contribution in [1.82, 2.24) is 0 Å². The minimum Gasteiger partial charge on any atom is -0.356 e. The molecule has 0 heterocycles. The maximum atomic E-state index is 6.06. The van der Waals surface area contributed by atoms with Gasteiger partial charge >= 0.3 is 0 Å². The summed E-state index contributed by atoms with van der Waals surface area (Å²) in [4.78, 5) is 0. The lowest BCUT2D eigenvalue weighted by Gasteiger charge is -2.06. The number of nitrogens with one attached hydrogen (secondary N) is 2. The second kappa shape index (κ2) is 7.47. The number of benzene rings is 3. The van der Waals surface area contributed by atoms with Gasteiger partial charge in [0.15, 0.2) is 0 Å². The number of hydrazone groups is 1. The summed E-state index contributed by atoms with van der Waals surface area (Å²) >= 11 is 6.06. The average Bonchev–Trinajstić information content (AvgIpc) is 2.59. The van der Waals surface area contributed by atoms with Crippen molar-refractivity contribution < 1.29 is 0 Å². The topological polar surface area (TPSA) is 36.4 Å². The third kappa shape index (κ3) is 4.34. The molecule has 3 aromatic rings. The van der Waals surface area contributed by atoms with Crippen LogP contribution in [0.4, 0.5) is 17.1 Å². The molecule has 0 spiro atoms. The summed E-state index contributed by atoms with van der Waals surface area (Å²) in [7, 11) is 0.